The number of nitrogens with zero attached hydrogens (tertiary/aromatic N) is 1. The predicted octanol–water partition coefficient (Wildman–Crippen LogP) is 4.29. The van der Waals surface area contributed by atoms with Crippen molar-refractivity contribution in [2.24, 2.45) is 0 Å². The van der Waals surface area contributed by atoms with Gasteiger partial charge in [0.05, 0.1) is 5.52 Å². The minimum absolute atomic E-state index is 1.01. The molecular formula is C16H14N2. The average Bonchev–Trinajstić information content (AvgIpc) is 2.42. The van der Waals surface area contributed by atoms with Crippen molar-refractivity contribution in [3.8, 4) is 0 Å². The predicted molar refractivity (Wildman–Crippen MR) is 76.2 cm³/mol. The van der Waals surface area contributed by atoms with Gasteiger partial charge in [-0.2, -0.15) is 0 Å². The summed E-state index contributed by atoms with van der Waals surface area (Å²) in [5, 5.41) is 4.57. The van der Waals surface area contributed by atoms with Crippen LogP contribution in [0.5, 0.6) is 0 Å². The number of aryl methyl sites for hydroxylation is 1. The first-order valence-corrected chi connectivity index (χ1v) is 6.00. The summed E-state index contributed by atoms with van der Waals surface area (Å²) >= 11 is 0. The molecule has 2 heteroatoms. The lowest BCUT2D eigenvalue weighted by molar-refractivity contribution is 1.40. The second kappa shape index (κ2) is 4.49. The smallest absolute Gasteiger partial charge is 0.0722 e. The van der Waals surface area contributed by atoms with E-state index in [-0.39, 0.29) is 0 Å². The fourth-order valence-corrected chi connectivity index (χ4v) is 2.00. The first-order chi connectivity index (χ1) is 8.83. The Morgan fingerprint density at radius 2 is 1.67 bits per heavy atom. The van der Waals surface area contributed by atoms with Gasteiger partial charge in [-0.15, -0.1) is 0 Å². The fourth-order valence-electron chi connectivity index (χ4n) is 2.00. The maximum absolute atomic E-state index is 4.36. The van der Waals surface area contributed by atoms with Crippen LogP contribution in [0.4, 0.5) is 11.4 Å². The molecule has 0 spiro atoms. The van der Waals surface area contributed by atoms with Crippen LogP contribution in [-0.4, -0.2) is 4.98 Å². The van der Waals surface area contributed by atoms with Gasteiger partial charge in [0.15, 0.2) is 0 Å². The molecule has 88 valence electrons. The molecule has 0 unspecified atom stereocenters. The van der Waals surface area contributed by atoms with Crippen LogP contribution in [0.15, 0.2) is 60.8 Å². The molecule has 1 heterocycles. The van der Waals surface area contributed by atoms with E-state index in [1.54, 1.807) is 0 Å². The minimum atomic E-state index is 1.01. The zero-order valence-corrected chi connectivity index (χ0v) is 10.2. The Kier molecular flexibility index (Phi) is 2.69. The zero-order chi connectivity index (χ0) is 12.4. The van der Waals surface area contributed by atoms with Crippen LogP contribution in [0.25, 0.3) is 10.9 Å². The lowest BCUT2D eigenvalue weighted by Crippen LogP contribution is -1.92. The van der Waals surface area contributed by atoms with Gasteiger partial charge < -0.3 is 5.32 Å². The number of rotatable bonds is 2. The normalized spacial score (nSPS) is 10.5. The Hall–Kier alpha value is -2.35. The molecule has 1 aromatic heterocycles. The summed E-state index contributed by atoms with van der Waals surface area (Å²) in [5.74, 6) is 0. The maximum Gasteiger partial charge on any atom is 0.0722 e. The topological polar surface area (TPSA) is 24.9 Å². The number of para-hydroxylation sites is 1. The Morgan fingerprint density at radius 3 is 2.50 bits per heavy atom. The molecule has 0 radical (unpaired) electrons. The molecule has 3 rings (SSSR count). The average molecular weight is 234 g/mol. The number of fused-ring (bicyclic) bond motifs is 1. The third kappa shape index (κ3) is 2.05. The summed E-state index contributed by atoms with van der Waals surface area (Å²) in [6.45, 7) is 2.09. The Bertz CT molecular complexity index is 667. The summed E-state index contributed by atoms with van der Waals surface area (Å²) in [4.78, 5) is 4.36. The highest BCUT2D eigenvalue weighted by Gasteiger charge is 2.01. The number of hydrogen-bond donors (Lipinski definition) is 1. The largest absolute Gasteiger partial charge is 0.355 e. The van der Waals surface area contributed by atoms with Crippen LogP contribution in [0.2, 0.25) is 0 Å². The molecule has 1 N–H and O–H groups in total. The molecule has 0 aliphatic heterocycles. The molecule has 0 saturated heterocycles. The van der Waals surface area contributed by atoms with Crippen molar-refractivity contribution in [2.75, 3.05) is 5.32 Å². The highest BCUT2D eigenvalue weighted by molar-refractivity contribution is 5.92. The summed E-state index contributed by atoms with van der Waals surface area (Å²) in [6.07, 6.45) is 1.83. The standard InChI is InChI=1S/C16H14N2/c1-12-6-8-13(9-7-12)18-16-10-11-17-15-5-3-2-4-14(15)16/h2-11H,1H3,(H,17,18). The van der Waals surface area contributed by atoms with E-state index in [1.807, 2.05) is 30.5 Å². The first kappa shape index (κ1) is 10.8. The van der Waals surface area contributed by atoms with E-state index in [2.05, 4.69) is 47.6 Å². The quantitative estimate of drug-likeness (QED) is 0.715. The molecule has 18 heavy (non-hydrogen) atoms. The Labute approximate surface area is 106 Å². The van der Waals surface area contributed by atoms with Gasteiger partial charge in [0.25, 0.3) is 0 Å². The zero-order valence-electron chi connectivity index (χ0n) is 10.2. The molecule has 2 aromatic carbocycles. The summed E-state index contributed by atoms with van der Waals surface area (Å²) in [7, 11) is 0. The number of benzene rings is 2. The molecule has 2 nitrogen and oxygen atoms in total. The molecule has 3 aromatic rings. The van der Waals surface area contributed by atoms with Crippen molar-refractivity contribution in [3.63, 3.8) is 0 Å². The monoisotopic (exact) mass is 234 g/mol. The van der Waals surface area contributed by atoms with Gasteiger partial charge in [0, 0.05) is 23.0 Å². The highest BCUT2D eigenvalue weighted by atomic mass is 14.9. The highest BCUT2D eigenvalue weighted by Crippen LogP contribution is 2.24. The van der Waals surface area contributed by atoms with E-state index in [0.29, 0.717) is 0 Å². The molecule has 0 aliphatic rings. The van der Waals surface area contributed by atoms with Crippen LogP contribution in [0, 0.1) is 6.92 Å². The molecule has 0 bridgehead atoms. The van der Waals surface area contributed by atoms with Crippen molar-refractivity contribution in [2.45, 2.75) is 6.92 Å². The van der Waals surface area contributed by atoms with E-state index in [1.165, 1.54) is 5.56 Å². The maximum atomic E-state index is 4.36. The lowest BCUT2D eigenvalue weighted by Gasteiger charge is -2.09. The van der Waals surface area contributed by atoms with Gasteiger partial charge in [0.1, 0.15) is 0 Å². The fraction of sp³-hybridized carbons (Fsp3) is 0.0625. The SMILES string of the molecule is Cc1ccc(Nc2ccnc3ccccc23)cc1. The lowest BCUT2D eigenvalue weighted by atomic mass is 10.1. The third-order valence-electron chi connectivity index (χ3n) is 2.98. The summed E-state index contributed by atoms with van der Waals surface area (Å²) < 4.78 is 0. The second-order valence-electron chi connectivity index (χ2n) is 4.37. The van der Waals surface area contributed by atoms with Crippen LogP contribution >= 0.6 is 0 Å². The van der Waals surface area contributed by atoms with E-state index < -0.39 is 0 Å². The van der Waals surface area contributed by atoms with E-state index in [9.17, 15) is 0 Å². The molecular weight excluding hydrogens is 220 g/mol. The van der Waals surface area contributed by atoms with Gasteiger partial charge in [-0.1, -0.05) is 35.9 Å². The van der Waals surface area contributed by atoms with Crippen molar-refractivity contribution in [1.29, 1.82) is 0 Å². The number of anilines is 2. The summed E-state index contributed by atoms with van der Waals surface area (Å²) in [5.41, 5.74) is 4.45. The van der Waals surface area contributed by atoms with Gasteiger partial charge >= 0.3 is 0 Å². The number of nitrogens with one attached hydrogen (secondary N) is 1. The summed E-state index contributed by atoms with van der Waals surface area (Å²) in [6, 6.07) is 18.5. The number of pyridine rings is 1. The van der Waals surface area contributed by atoms with Crippen molar-refractivity contribution in [3.05, 3.63) is 66.4 Å². The molecule has 0 saturated carbocycles. The molecule has 0 aliphatic carbocycles. The van der Waals surface area contributed by atoms with Crippen molar-refractivity contribution in [1.82, 2.24) is 4.98 Å². The van der Waals surface area contributed by atoms with Gasteiger partial charge in [-0.3, -0.25) is 4.98 Å². The van der Waals surface area contributed by atoms with E-state index in [0.717, 1.165) is 22.3 Å². The Morgan fingerprint density at radius 1 is 0.889 bits per heavy atom. The van der Waals surface area contributed by atoms with Gasteiger partial charge in [0.2, 0.25) is 0 Å². The molecule has 0 fully saturated rings. The first-order valence-electron chi connectivity index (χ1n) is 6.00. The second-order valence-corrected chi connectivity index (χ2v) is 4.37. The minimum Gasteiger partial charge on any atom is -0.355 e. The number of hydrogen-bond acceptors (Lipinski definition) is 2. The molecule has 0 atom stereocenters. The van der Waals surface area contributed by atoms with Crippen LogP contribution in [0.1, 0.15) is 5.56 Å². The number of aromatic nitrogens is 1. The van der Waals surface area contributed by atoms with Crippen LogP contribution in [0.3, 0.4) is 0 Å². The van der Waals surface area contributed by atoms with E-state index in [4.69, 9.17) is 0 Å². The van der Waals surface area contributed by atoms with E-state index >= 15 is 0 Å². The van der Waals surface area contributed by atoms with Crippen molar-refractivity contribution >= 4 is 22.3 Å². The van der Waals surface area contributed by atoms with Gasteiger partial charge in [-0.25, -0.2) is 0 Å². The third-order valence-corrected chi connectivity index (χ3v) is 2.98. The van der Waals surface area contributed by atoms with Gasteiger partial charge in [-0.05, 0) is 31.2 Å². The molecule has 0 amide bonds. The van der Waals surface area contributed by atoms with Crippen LogP contribution in [-0.2, 0) is 0 Å². The van der Waals surface area contributed by atoms with Crippen LogP contribution < -0.4 is 5.32 Å². The Balaban J connectivity index is 2.02. The van der Waals surface area contributed by atoms with Crippen molar-refractivity contribution < 1.29 is 0 Å².